The first-order valence-electron chi connectivity index (χ1n) is 12.5. The third-order valence-electron chi connectivity index (χ3n) is 6.36. The van der Waals surface area contributed by atoms with E-state index in [4.69, 9.17) is 14.5 Å². The summed E-state index contributed by atoms with van der Waals surface area (Å²) in [6.07, 6.45) is 7.06. The first-order valence-corrected chi connectivity index (χ1v) is 12.5. The molecule has 8 nitrogen and oxygen atoms in total. The number of pyridine rings is 1. The Morgan fingerprint density at radius 2 is 2.03 bits per heavy atom. The number of rotatable bonds is 11. The van der Waals surface area contributed by atoms with E-state index in [9.17, 15) is 4.79 Å². The van der Waals surface area contributed by atoms with Crippen LogP contribution in [0.3, 0.4) is 0 Å². The van der Waals surface area contributed by atoms with Gasteiger partial charge >= 0.3 is 5.97 Å². The fourth-order valence-corrected chi connectivity index (χ4v) is 4.41. The van der Waals surface area contributed by atoms with Crippen molar-refractivity contribution >= 4 is 11.8 Å². The number of nitrogens with zero attached hydrogens (tertiary/aromatic N) is 4. The molecule has 184 valence electrons. The summed E-state index contributed by atoms with van der Waals surface area (Å²) in [5.74, 6) is 2.37. The van der Waals surface area contributed by atoms with Crippen LogP contribution in [0.4, 0.5) is 5.82 Å². The van der Waals surface area contributed by atoms with Crippen molar-refractivity contribution in [2.75, 3.05) is 44.8 Å². The van der Waals surface area contributed by atoms with Crippen LogP contribution in [-0.4, -0.2) is 65.3 Å². The lowest BCUT2D eigenvalue weighted by Crippen LogP contribution is -2.50. The highest BCUT2D eigenvalue weighted by molar-refractivity contribution is 5.70. The van der Waals surface area contributed by atoms with Crippen molar-refractivity contribution in [1.82, 2.24) is 19.9 Å². The first kappa shape index (κ1) is 24.5. The lowest BCUT2D eigenvalue weighted by molar-refractivity contribution is -0.147. The molecule has 4 rings (SSSR count). The van der Waals surface area contributed by atoms with E-state index in [0.717, 1.165) is 55.4 Å². The van der Waals surface area contributed by atoms with Gasteiger partial charge in [-0.05, 0) is 37.3 Å². The van der Waals surface area contributed by atoms with Crippen LogP contribution in [0.15, 0.2) is 24.5 Å². The largest absolute Gasteiger partial charge is 0.465 e. The molecule has 1 atom stereocenters. The molecule has 1 unspecified atom stereocenters. The molecule has 0 saturated carbocycles. The second-order valence-corrected chi connectivity index (χ2v) is 9.85. The van der Waals surface area contributed by atoms with Gasteiger partial charge in [0.15, 0.2) is 0 Å². The molecule has 0 bridgehead atoms. The Bertz CT molecular complexity index is 944. The van der Waals surface area contributed by atoms with Gasteiger partial charge < -0.3 is 14.8 Å². The SMILES string of the molecule is Cc1ncc(C(CC(=O)OCC(C)C)N2CC(COCCc3ccc4c(n3)NCCC4)C2)cn1. The van der Waals surface area contributed by atoms with Gasteiger partial charge in [0.2, 0.25) is 0 Å². The summed E-state index contributed by atoms with van der Waals surface area (Å²) < 4.78 is 11.4. The molecule has 2 aromatic heterocycles. The minimum atomic E-state index is -0.175. The molecule has 0 amide bonds. The first-order chi connectivity index (χ1) is 16.5. The lowest BCUT2D eigenvalue weighted by atomic mass is 9.94. The third kappa shape index (κ3) is 6.73. The number of esters is 1. The maximum atomic E-state index is 12.4. The maximum absolute atomic E-state index is 12.4. The maximum Gasteiger partial charge on any atom is 0.307 e. The van der Waals surface area contributed by atoms with E-state index in [-0.39, 0.29) is 12.0 Å². The number of carbonyl (C=O) groups excluding carboxylic acids is 1. The average molecular weight is 468 g/mol. The molecule has 34 heavy (non-hydrogen) atoms. The van der Waals surface area contributed by atoms with Gasteiger partial charge in [0, 0.05) is 61.7 Å². The van der Waals surface area contributed by atoms with Crippen LogP contribution in [0.5, 0.6) is 0 Å². The Balaban J connectivity index is 1.23. The fourth-order valence-electron chi connectivity index (χ4n) is 4.41. The Morgan fingerprint density at radius 3 is 2.79 bits per heavy atom. The zero-order valence-electron chi connectivity index (χ0n) is 20.6. The van der Waals surface area contributed by atoms with Crippen LogP contribution < -0.4 is 5.32 Å². The Kier molecular flexibility index (Phi) is 8.45. The Morgan fingerprint density at radius 1 is 1.24 bits per heavy atom. The summed E-state index contributed by atoms with van der Waals surface area (Å²) in [4.78, 5) is 28.1. The number of aryl methyl sites for hydroxylation is 2. The minimum absolute atomic E-state index is 0.0660. The number of fused-ring (bicyclic) bond motifs is 1. The second-order valence-electron chi connectivity index (χ2n) is 9.85. The van der Waals surface area contributed by atoms with Gasteiger partial charge in [-0.1, -0.05) is 19.9 Å². The van der Waals surface area contributed by atoms with Gasteiger partial charge in [0.05, 0.1) is 26.2 Å². The van der Waals surface area contributed by atoms with Crippen LogP contribution in [0.2, 0.25) is 0 Å². The number of carbonyl (C=O) groups is 1. The topological polar surface area (TPSA) is 89.5 Å². The molecule has 0 radical (unpaired) electrons. The number of hydrogen-bond acceptors (Lipinski definition) is 8. The van der Waals surface area contributed by atoms with E-state index in [1.54, 1.807) is 0 Å². The highest BCUT2D eigenvalue weighted by Crippen LogP contribution is 2.31. The predicted octanol–water partition coefficient (Wildman–Crippen LogP) is 3.36. The standard InChI is InChI=1S/C26H37N5O3/c1-18(2)16-34-25(32)11-24(22-12-28-19(3)29-13-22)31-14-20(15-31)17-33-10-8-23-7-6-21-5-4-9-27-26(21)30-23/h6-7,12-13,18,20,24H,4-5,8-11,14-17H2,1-3H3,(H,27,30). The van der Waals surface area contributed by atoms with Crippen LogP contribution in [0.25, 0.3) is 0 Å². The Hall–Kier alpha value is -2.58. The average Bonchev–Trinajstić information content (AvgIpc) is 2.81. The Labute approximate surface area is 202 Å². The van der Waals surface area contributed by atoms with Gasteiger partial charge in [0.1, 0.15) is 11.6 Å². The predicted molar refractivity (Wildman–Crippen MR) is 131 cm³/mol. The van der Waals surface area contributed by atoms with E-state index in [0.29, 0.717) is 38.1 Å². The van der Waals surface area contributed by atoms with Crippen molar-refractivity contribution in [3.8, 4) is 0 Å². The van der Waals surface area contributed by atoms with E-state index in [1.807, 2.05) is 33.2 Å². The fraction of sp³-hybridized carbons (Fsp3) is 0.615. The molecule has 8 heteroatoms. The quantitative estimate of drug-likeness (QED) is 0.398. The molecule has 0 aromatic carbocycles. The smallest absolute Gasteiger partial charge is 0.307 e. The number of likely N-dealkylation sites (tertiary alicyclic amines) is 1. The molecule has 4 heterocycles. The molecule has 2 aromatic rings. The zero-order valence-corrected chi connectivity index (χ0v) is 20.6. The monoisotopic (exact) mass is 467 g/mol. The van der Waals surface area contributed by atoms with Crippen LogP contribution in [0.1, 0.15) is 55.4 Å². The van der Waals surface area contributed by atoms with Gasteiger partial charge in [-0.2, -0.15) is 0 Å². The highest BCUT2D eigenvalue weighted by atomic mass is 16.5. The van der Waals surface area contributed by atoms with Crippen molar-refractivity contribution in [2.45, 2.75) is 52.5 Å². The van der Waals surface area contributed by atoms with Crippen LogP contribution >= 0.6 is 0 Å². The molecule has 2 aliphatic rings. The molecule has 0 spiro atoms. The number of hydrogen-bond donors (Lipinski definition) is 1. The summed E-state index contributed by atoms with van der Waals surface area (Å²) in [6.45, 7) is 10.5. The van der Waals surface area contributed by atoms with Gasteiger partial charge in [-0.15, -0.1) is 0 Å². The van der Waals surface area contributed by atoms with Crippen molar-refractivity contribution < 1.29 is 14.3 Å². The van der Waals surface area contributed by atoms with Crippen LogP contribution in [-0.2, 0) is 27.1 Å². The van der Waals surface area contributed by atoms with Crippen LogP contribution in [0, 0.1) is 18.8 Å². The third-order valence-corrected chi connectivity index (χ3v) is 6.36. The lowest BCUT2D eigenvalue weighted by Gasteiger charge is -2.44. The summed E-state index contributed by atoms with van der Waals surface area (Å²) in [6, 6.07) is 4.24. The highest BCUT2D eigenvalue weighted by Gasteiger charge is 2.35. The van der Waals surface area contributed by atoms with Crippen molar-refractivity contribution in [2.24, 2.45) is 11.8 Å². The van der Waals surface area contributed by atoms with Crippen molar-refractivity contribution in [3.05, 3.63) is 47.2 Å². The normalized spacial score (nSPS) is 17.1. The van der Waals surface area contributed by atoms with E-state index < -0.39 is 0 Å². The van der Waals surface area contributed by atoms with Gasteiger partial charge in [0.25, 0.3) is 0 Å². The summed E-state index contributed by atoms with van der Waals surface area (Å²) in [7, 11) is 0. The minimum Gasteiger partial charge on any atom is -0.465 e. The number of ether oxygens (including phenoxy) is 2. The van der Waals surface area contributed by atoms with E-state index in [2.05, 4.69) is 32.3 Å². The molecule has 2 aliphatic heterocycles. The number of aromatic nitrogens is 3. The molecule has 1 N–H and O–H groups in total. The molecular formula is C26H37N5O3. The van der Waals surface area contributed by atoms with Gasteiger partial charge in [-0.3, -0.25) is 9.69 Å². The summed E-state index contributed by atoms with van der Waals surface area (Å²) >= 11 is 0. The van der Waals surface area contributed by atoms with E-state index >= 15 is 0 Å². The van der Waals surface area contributed by atoms with Gasteiger partial charge in [-0.25, -0.2) is 15.0 Å². The molecule has 1 saturated heterocycles. The molecule has 0 aliphatic carbocycles. The molecular weight excluding hydrogens is 430 g/mol. The van der Waals surface area contributed by atoms with Crippen molar-refractivity contribution in [1.29, 1.82) is 0 Å². The number of nitrogens with one attached hydrogen (secondary N) is 1. The van der Waals surface area contributed by atoms with E-state index in [1.165, 1.54) is 12.0 Å². The summed E-state index contributed by atoms with van der Waals surface area (Å²) in [5.41, 5.74) is 3.34. The second kappa shape index (κ2) is 11.7. The summed E-state index contributed by atoms with van der Waals surface area (Å²) in [5, 5.41) is 3.39. The number of anilines is 1. The zero-order chi connectivity index (χ0) is 23.9. The molecule has 1 fully saturated rings. The van der Waals surface area contributed by atoms with Crippen molar-refractivity contribution in [3.63, 3.8) is 0 Å².